The summed E-state index contributed by atoms with van der Waals surface area (Å²) in [6.45, 7) is 4.10. The van der Waals surface area contributed by atoms with Crippen LogP contribution in [0.2, 0.25) is 0 Å². The van der Waals surface area contributed by atoms with Gasteiger partial charge in [0.2, 0.25) is 0 Å². The fourth-order valence-corrected chi connectivity index (χ4v) is 6.71. The number of hydrogen-bond donors (Lipinski definition) is 2. The average Bonchev–Trinajstić information content (AvgIpc) is 3.41. The van der Waals surface area contributed by atoms with E-state index in [9.17, 15) is 10.0 Å². The lowest BCUT2D eigenvalue weighted by Gasteiger charge is -2.30. The molecule has 0 fully saturated rings. The van der Waals surface area contributed by atoms with E-state index in [0.29, 0.717) is 5.46 Å². The Balaban J connectivity index is 0.000000225. The Labute approximate surface area is 239 Å². The van der Waals surface area contributed by atoms with E-state index < -0.39 is 12.5 Å². The topological polar surface area (TPSA) is 53.4 Å². The summed E-state index contributed by atoms with van der Waals surface area (Å²) >= 11 is 6.75. The molecule has 1 aromatic heterocycles. The molecular formula is C32H24BBr2NO2. The minimum Gasteiger partial charge on any atom is -0.423 e. The summed E-state index contributed by atoms with van der Waals surface area (Å²) in [6.07, 6.45) is 1.80. The highest BCUT2D eigenvalue weighted by molar-refractivity contribution is 9.11. The quantitative estimate of drug-likeness (QED) is 0.154. The van der Waals surface area contributed by atoms with Gasteiger partial charge in [0, 0.05) is 10.7 Å². The van der Waals surface area contributed by atoms with Crippen LogP contribution >= 0.6 is 31.9 Å². The van der Waals surface area contributed by atoms with Crippen LogP contribution in [0.5, 0.6) is 0 Å². The molecule has 0 saturated heterocycles. The van der Waals surface area contributed by atoms with Gasteiger partial charge in [-0.15, -0.1) is 0 Å². The number of hydrogen-bond acceptors (Lipinski definition) is 3. The monoisotopic (exact) mass is 623 g/mol. The van der Waals surface area contributed by atoms with Gasteiger partial charge in [0.25, 0.3) is 0 Å². The maximum atomic E-state index is 9.85. The fraction of sp³-hybridized carbons (Fsp3) is 0.0938. The van der Waals surface area contributed by atoms with Crippen molar-refractivity contribution in [3.05, 3.63) is 140 Å². The summed E-state index contributed by atoms with van der Waals surface area (Å²) in [5.74, 6) is 0. The SMILES string of the molecule is Cc1c(Br)cnc(Br)c1C.OB(O)c1ccc2c(c1)C1(c3ccccc3-c3ccccc31)c1ccccc1-2. The molecule has 0 unspecified atom stereocenters. The Bertz CT molecular complexity index is 1630. The lowest BCUT2D eigenvalue weighted by molar-refractivity contribution is 0.425. The van der Waals surface area contributed by atoms with Gasteiger partial charge in [-0.2, -0.15) is 0 Å². The van der Waals surface area contributed by atoms with Crippen LogP contribution in [0.25, 0.3) is 22.3 Å². The normalized spacial score (nSPS) is 13.2. The van der Waals surface area contributed by atoms with Gasteiger partial charge >= 0.3 is 7.12 Å². The first-order chi connectivity index (χ1) is 18.4. The number of fused-ring (bicyclic) bond motifs is 10. The molecular weight excluding hydrogens is 601 g/mol. The van der Waals surface area contributed by atoms with Crippen molar-refractivity contribution in [2.24, 2.45) is 0 Å². The molecule has 1 heterocycles. The number of halogens is 2. The second-order valence-electron chi connectivity index (χ2n) is 9.71. The molecule has 4 aromatic carbocycles. The van der Waals surface area contributed by atoms with Crippen molar-refractivity contribution < 1.29 is 10.0 Å². The van der Waals surface area contributed by atoms with E-state index >= 15 is 0 Å². The second-order valence-corrected chi connectivity index (χ2v) is 11.3. The Kier molecular flexibility index (Phi) is 6.39. The third kappa shape index (κ3) is 3.66. The maximum Gasteiger partial charge on any atom is 0.488 e. The Morgan fingerprint density at radius 2 is 1.11 bits per heavy atom. The van der Waals surface area contributed by atoms with Crippen LogP contribution in [0.3, 0.4) is 0 Å². The van der Waals surface area contributed by atoms with Crippen molar-refractivity contribution in [2.45, 2.75) is 19.3 Å². The van der Waals surface area contributed by atoms with Crippen LogP contribution in [-0.4, -0.2) is 22.2 Å². The molecule has 0 saturated carbocycles. The third-order valence-electron chi connectivity index (χ3n) is 7.84. The third-order valence-corrected chi connectivity index (χ3v) is 9.44. The number of pyridine rings is 1. The molecule has 7 rings (SSSR count). The van der Waals surface area contributed by atoms with Gasteiger partial charge < -0.3 is 10.0 Å². The number of rotatable bonds is 1. The summed E-state index contributed by atoms with van der Waals surface area (Å²) in [6, 6.07) is 31.5. The Morgan fingerprint density at radius 3 is 1.58 bits per heavy atom. The zero-order chi connectivity index (χ0) is 26.6. The minimum absolute atomic E-state index is 0.427. The molecule has 1 spiro atoms. The van der Waals surface area contributed by atoms with Crippen LogP contribution < -0.4 is 5.46 Å². The van der Waals surface area contributed by atoms with Crippen LogP contribution in [0.1, 0.15) is 33.4 Å². The lowest BCUT2D eigenvalue weighted by Crippen LogP contribution is -2.32. The Hall–Kier alpha value is -3.03. The Morgan fingerprint density at radius 1 is 0.632 bits per heavy atom. The standard InChI is InChI=1S/C25H17BO2.C7H7Br2N/c27-26(28)16-13-14-20-19-9-3-6-12-23(19)25(24(20)15-16)21-10-4-1-7-17(21)18-8-2-5-11-22(18)25;1-4-5(2)7(9)10-3-6(4)8/h1-15,27-28H;3H,1-2H3. The van der Waals surface area contributed by atoms with Crippen molar-refractivity contribution in [3.63, 3.8) is 0 Å². The molecule has 0 aliphatic heterocycles. The smallest absolute Gasteiger partial charge is 0.423 e. The molecule has 2 aliphatic rings. The highest BCUT2D eigenvalue weighted by Gasteiger charge is 2.51. The van der Waals surface area contributed by atoms with Gasteiger partial charge in [0.05, 0.1) is 5.41 Å². The van der Waals surface area contributed by atoms with Gasteiger partial charge in [-0.1, -0.05) is 91.0 Å². The van der Waals surface area contributed by atoms with Crippen molar-refractivity contribution in [1.29, 1.82) is 0 Å². The minimum atomic E-state index is -1.49. The van der Waals surface area contributed by atoms with Gasteiger partial charge in [0.1, 0.15) is 4.60 Å². The highest BCUT2D eigenvalue weighted by Crippen LogP contribution is 2.62. The zero-order valence-corrected chi connectivity index (χ0v) is 24.1. The average molecular weight is 625 g/mol. The predicted molar refractivity (Wildman–Crippen MR) is 162 cm³/mol. The first-order valence-electron chi connectivity index (χ1n) is 12.4. The van der Waals surface area contributed by atoms with Crippen molar-refractivity contribution in [2.75, 3.05) is 0 Å². The molecule has 0 amide bonds. The molecule has 2 aliphatic carbocycles. The van der Waals surface area contributed by atoms with Crippen molar-refractivity contribution in [1.82, 2.24) is 4.98 Å². The summed E-state index contributed by atoms with van der Waals surface area (Å²) < 4.78 is 1.99. The van der Waals surface area contributed by atoms with E-state index in [0.717, 1.165) is 20.2 Å². The van der Waals surface area contributed by atoms with E-state index in [1.165, 1.54) is 44.5 Å². The zero-order valence-electron chi connectivity index (χ0n) is 20.9. The van der Waals surface area contributed by atoms with Crippen LogP contribution in [0, 0.1) is 13.8 Å². The molecule has 2 N–H and O–H groups in total. The molecule has 186 valence electrons. The first-order valence-corrected chi connectivity index (χ1v) is 14.0. The summed E-state index contributed by atoms with van der Waals surface area (Å²) in [5.41, 5.74) is 12.3. The molecule has 0 radical (unpaired) electrons. The molecule has 38 heavy (non-hydrogen) atoms. The van der Waals surface area contributed by atoms with Crippen molar-refractivity contribution >= 4 is 44.4 Å². The second kappa shape index (κ2) is 9.62. The van der Waals surface area contributed by atoms with E-state index in [-0.39, 0.29) is 0 Å². The van der Waals surface area contributed by atoms with E-state index in [2.05, 4.69) is 117 Å². The summed E-state index contributed by atoms with van der Waals surface area (Å²) in [4.78, 5) is 4.11. The van der Waals surface area contributed by atoms with Crippen LogP contribution in [0.4, 0.5) is 0 Å². The largest absolute Gasteiger partial charge is 0.488 e. The van der Waals surface area contributed by atoms with Gasteiger partial charge in [-0.05, 0) is 107 Å². The molecule has 0 bridgehead atoms. The molecule has 3 nitrogen and oxygen atoms in total. The summed E-state index contributed by atoms with van der Waals surface area (Å²) in [7, 11) is -1.49. The lowest BCUT2D eigenvalue weighted by atomic mass is 9.68. The number of benzene rings is 4. The van der Waals surface area contributed by atoms with Crippen LogP contribution in [0.15, 0.2) is 106 Å². The van der Waals surface area contributed by atoms with Crippen LogP contribution in [-0.2, 0) is 5.41 Å². The van der Waals surface area contributed by atoms with Gasteiger partial charge in [-0.25, -0.2) is 4.98 Å². The van der Waals surface area contributed by atoms with E-state index in [1.807, 2.05) is 25.1 Å². The van der Waals surface area contributed by atoms with Gasteiger partial charge in [-0.3, -0.25) is 0 Å². The number of nitrogens with zero attached hydrogens (tertiary/aromatic N) is 1. The molecule has 0 atom stereocenters. The van der Waals surface area contributed by atoms with Crippen molar-refractivity contribution in [3.8, 4) is 22.3 Å². The number of aromatic nitrogens is 1. The van der Waals surface area contributed by atoms with E-state index in [1.54, 1.807) is 6.20 Å². The van der Waals surface area contributed by atoms with Gasteiger partial charge in [0.15, 0.2) is 0 Å². The summed E-state index contributed by atoms with van der Waals surface area (Å²) in [5, 5.41) is 19.7. The molecule has 6 heteroatoms. The molecule has 5 aromatic rings. The predicted octanol–water partition coefficient (Wildman–Crippen LogP) is 6.93. The van der Waals surface area contributed by atoms with E-state index in [4.69, 9.17) is 0 Å². The maximum absolute atomic E-state index is 9.85. The highest BCUT2D eigenvalue weighted by atomic mass is 79.9. The first kappa shape index (κ1) is 25.3. The fourth-order valence-electron chi connectivity index (χ4n) is 5.91.